The second kappa shape index (κ2) is 7.17. The van der Waals surface area contributed by atoms with Gasteiger partial charge in [0.2, 0.25) is 5.91 Å². The van der Waals surface area contributed by atoms with Crippen molar-refractivity contribution in [3.8, 4) is 0 Å². The normalized spacial score (nSPS) is 14.0. The van der Waals surface area contributed by atoms with Gasteiger partial charge in [-0.1, -0.05) is 49.6 Å². The first-order valence-corrected chi connectivity index (χ1v) is 6.67. The number of carbonyl (C=O) groups is 1. The van der Waals surface area contributed by atoms with E-state index in [9.17, 15) is 4.79 Å². The fraction of sp³-hybridized carbons (Fsp3) is 0.533. The van der Waals surface area contributed by atoms with E-state index in [1.54, 1.807) is 0 Å². The number of benzene rings is 1. The average Bonchev–Trinajstić information content (AvgIpc) is 2.35. The summed E-state index contributed by atoms with van der Waals surface area (Å²) in [6, 6.07) is 7.77. The number of nitrogens with one attached hydrogen (secondary N) is 1. The molecule has 0 radical (unpaired) electrons. The number of aryl methyl sites for hydroxylation is 1. The van der Waals surface area contributed by atoms with Gasteiger partial charge in [0.1, 0.15) is 0 Å². The molecule has 3 heteroatoms. The monoisotopic (exact) mass is 248 g/mol. The molecule has 0 aliphatic carbocycles. The van der Waals surface area contributed by atoms with Gasteiger partial charge in [-0.3, -0.25) is 4.79 Å². The van der Waals surface area contributed by atoms with Crippen LogP contribution in [-0.2, 0) is 4.79 Å². The van der Waals surface area contributed by atoms with Gasteiger partial charge < -0.3 is 11.1 Å². The highest BCUT2D eigenvalue weighted by Crippen LogP contribution is 2.14. The lowest BCUT2D eigenvalue weighted by Crippen LogP contribution is -2.41. The number of nitrogens with two attached hydrogens (primary N) is 1. The van der Waals surface area contributed by atoms with Gasteiger partial charge in [-0.25, -0.2) is 0 Å². The third-order valence-electron chi connectivity index (χ3n) is 3.11. The molecule has 0 bridgehead atoms. The minimum absolute atomic E-state index is 0.00470. The Morgan fingerprint density at radius 2 is 2.17 bits per heavy atom. The van der Waals surface area contributed by atoms with Crippen molar-refractivity contribution in [1.29, 1.82) is 0 Å². The maximum atomic E-state index is 11.9. The summed E-state index contributed by atoms with van der Waals surface area (Å²) in [5.41, 5.74) is 8.16. The minimum atomic E-state index is -0.391. The van der Waals surface area contributed by atoms with Crippen molar-refractivity contribution in [3.63, 3.8) is 0 Å². The molecular weight excluding hydrogens is 224 g/mol. The Morgan fingerprint density at radius 1 is 1.44 bits per heavy atom. The summed E-state index contributed by atoms with van der Waals surface area (Å²) in [5, 5.41) is 2.97. The zero-order valence-corrected chi connectivity index (χ0v) is 11.6. The van der Waals surface area contributed by atoms with Gasteiger partial charge in [0.05, 0.1) is 12.1 Å². The van der Waals surface area contributed by atoms with Crippen LogP contribution >= 0.6 is 0 Å². The van der Waals surface area contributed by atoms with E-state index in [0.29, 0.717) is 0 Å². The summed E-state index contributed by atoms with van der Waals surface area (Å²) in [4.78, 5) is 11.9. The van der Waals surface area contributed by atoms with Crippen LogP contribution in [0.25, 0.3) is 0 Å². The topological polar surface area (TPSA) is 55.1 Å². The summed E-state index contributed by atoms with van der Waals surface area (Å²) >= 11 is 0. The van der Waals surface area contributed by atoms with E-state index < -0.39 is 6.04 Å². The number of unbranched alkanes of at least 4 members (excludes halogenated alkanes) is 1. The van der Waals surface area contributed by atoms with Crippen molar-refractivity contribution in [1.82, 2.24) is 5.32 Å². The molecule has 0 heterocycles. The molecule has 2 atom stereocenters. The van der Waals surface area contributed by atoms with Gasteiger partial charge in [-0.05, 0) is 25.8 Å². The van der Waals surface area contributed by atoms with E-state index in [0.717, 1.165) is 24.8 Å². The van der Waals surface area contributed by atoms with Crippen LogP contribution in [0.2, 0.25) is 0 Å². The number of amides is 1. The highest BCUT2D eigenvalue weighted by atomic mass is 16.2. The van der Waals surface area contributed by atoms with Crippen LogP contribution in [-0.4, -0.2) is 11.9 Å². The Morgan fingerprint density at radius 3 is 2.78 bits per heavy atom. The van der Waals surface area contributed by atoms with E-state index >= 15 is 0 Å². The van der Waals surface area contributed by atoms with Gasteiger partial charge >= 0.3 is 0 Å². The van der Waals surface area contributed by atoms with E-state index in [2.05, 4.69) is 18.3 Å². The molecular formula is C15H24N2O. The van der Waals surface area contributed by atoms with Crippen molar-refractivity contribution in [2.24, 2.45) is 5.73 Å². The fourth-order valence-electron chi connectivity index (χ4n) is 1.90. The Balaban J connectivity index is 2.54. The van der Waals surface area contributed by atoms with Gasteiger partial charge in [0, 0.05) is 0 Å². The Bertz CT molecular complexity index is 390. The molecule has 0 spiro atoms. The van der Waals surface area contributed by atoms with Gasteiger partial charge in [0.25, 0.3) is 0 Å². The van der Waals surface area contributed by atoms with Gasteiger partial charge in [-0.15, -0.1) is 0 Å². The van der Waals surface area contributed by atoms with Crippen molar-refractivity contribution in [2.75, 3.05) is 0 Å². The summed E-state index contributed by atoms with van der Waals surface area (Å²) in [5.74, 6) is -0.0579. The molecule has 3 nitrogen and oxygen atoms in total. The molecule has 100 valence electrons. The largest absolute Gasteiger partial charge is 0.348 e. The van der Waals surface area contributed by atoms with Gasteiger partial charge in [-0.2, -0.15) is 0 Å². The Labute approximate surface area is 110 Å². The minimum Gasteiger partial charge on any atom is -0.348 e. The first kappa shape index (κ1) is 14.7. The molecule has 0 aromatic heterocycles. The van der Waals surface area contributed by atoms with Crippen molar-refractivity contribution in [2.45, 2.75) is 52.1 Å². The highest BCUT2D eigenvalue weighted by Gasteiger charge is 2.15. The molecule has 18 heavy (non-hydrogen) atoms. The summed E-state index contributed by atoms with van der Waals surface area (Å²) in [7, 11) is 0. The summed E-state index contributed by atoms with van der Waals surface area (Å²) < 4.78 is 0. The van der Waals surface area contributed by atoms with E-state index in [4.69, 9.17) is 5.73 Å². The molecule has 1 rings (SSSR count). The van der Waals surface area contributed by atoms with Crippen LogP contribution in [0.4, 0.5) is 0 Å². The van der Waals surface area contributed by atoms with Crippen LogP contribution in [0.3, 0.4) is 0 Å². The van der Waals surface area contributed by atoms with Crippen molar-refractivity contribution < 1.29 is 4.79 Å². The van der Waals surface area contributed by atoms with E-state index in [-0.39, 0.29) is 11.9 Å². The molecule has 0 saturated carbocycles. The lowest BCUT2D eigenvalue weighted by Gasteiger charge is -2.18. The molecule has 0 unspecified atom stereocenters. The molecule has 0 saturated heterocycles. The molecule has 0 aliphatic heterocycles. The highest BCUT2D eigenvalue weighted by molar-refractivity contribution is 5.81. The zero-order valence-electron chi connectivity index (χ0n) is 11.6. The van der Waals surface area contributed by atoms with Crippen LogP contribution in [0.15, 0.2) is 24.3 Å². The molecule has 1 aromatic rings. The molecule has 1 amide bonds. The molecule has 1 aromatic carbocycles. The number of rotatable bonds is 6. The van der Waals surface area contributed by atoms with Crippen molar-refractivity contribution >= 4 is 5.91 Å². The third-order valence-corrected chi connectivity index (χ3v) is 3.11. The molecule has 3 N–H and O–H groups in total. The van der Waals surface area contributed by atoms with E-state index in [1.165, 1.54) is 5.56 Å². The first-order valence-electron chi connectivity index (χ1n) is 6.67. The van der Waals surface area contributed by atoms with Crippen molar-refractivity contribution in [3.05, 3.63) is 35.4 Å². The summed E-state index contributed by atoms with van der Waals surface area (Å²) in [6.45, 7) is 6.13. The van der Waals surface area contributed by atoms with Gasteiger partial charge in [0.15, 0.2) is 0 Å². The zero-order chi connectivity index (χ0) is 13.5. The van der Waals surface area contributed by atoms with Crippen LogP contribution in [0, 0.1) is 6.92 Å². The SMILES string of the molecule is CCCC[C@H](N)C(=O)N[C@H](C)c1cccc(C)c1. The van der Waals surface area contributed by atoms with Crippen LogP contribution < -0.4 is 11.1 Å². The predicted octanol–water partition coefficient (Wildman–Crippen LogP) is 2.69. The number of carbonyl (C=O) groups excluding carboxylic acids is 1. The van der Waals surface area contributed by atoms with E-state index in [1.807, 2.05) is 32.0 Å². The smallest absolute Gasteiger partial charge is 0.237 e. The Hall–Kier alpha value is -1.35. The fourth-order valence-corrected chi connectivity index (χ4v) is 1.90. The standard InChI is InChI=1S/C15H24N2O/c1-4-5-9-14(16)15(18)17-12(3)13-8-6-7-11(2)10-13/h6-8,10,12,14H,4-5,9,16H2,1-3H3,(H,17,18)/t12-,14+/m1/s1. The lowest BCUT2D eigenvalue weighted by molar-refractivity contribution is -0.123. The lowest BCUT2D eigenvalue weighted by atomic mass is 10.0. The van der Waals surface area contributed by atoms with Crippen LogP contribution in [0.5, 0.6) is 0 Å². The molecule has 0 aliphatic rings. The molecule has 0 fully saturated rings. The maximum absolute atomic E-state index is 11.9. The second-order valence-electron chi connectivity index (χ2n) is 4.89. The second-order valence-corrected chi connectivity index (χ2v) is 4.89. The predicted molar refractivity (Wildman–Crippen MR) is 75.2 cm³/mol. The maximum Gasteiger partial charge on any atom is 0.237 e. The number of hydrogen-bond donors (Lipinski definition) is 2. The number of hydrogen-bond acceptors (Lipinski definition) is 2. The average molecular weight is 248 g/mol. The summed E-state index contributed by atoms with van der Waals surface area (Å²) in [6.07, 6.45) is 2.81. The van der Waals surface area contributed by atoms with Crippen LogP contribution in [0.1, 0.15) is 50.3 Å². The quantitative estimate of drug-likeness (QED) is 0.813. The first-order chi connectivity index (χ1) is 8.54. The third kappa shape index (κ3) is 4.49. The Kier molecular flexibility index (Phi) is 5.86.